The van der Waals surface area contributed by atoms with Crippen molar-refractivity contribution in [3.63, 3.8) is 0 Å². The van der Waals surface area contributed by atoms with Crippen LogP contribution < -0.4 is 10.6 Å². The molecule has 1 atom stereocenters. The summed E-state index contributed by atoms with van der Waals surface area (Å²) in [7, 11) is 0.667. The Morgan fingerprint density at radius 2 is 1.93 bits per heavy atom. The smallest absolute Gasteiger partial charge is 0.220 e. The van der Waals surface area contributed by atoms with Gasteiger partial charge in [0.15, 0.2) is 5.96 Å². The predicted octanol–water partition coefficient (Wildman–Crippen LogP) is 2.23. The number of nitrogens with one attached hydrogen (secondary N) is 2. The Morgan fingerprint density at radius 1 is 1.26 bits per heavy atom. The molecule has 0 saturated carbocycles. The lowest BCUT2D eigenvalue weighted by Crippen LogP contribution is -2.46. The second-order valence-electron chi connectivity index (χ2n) is 6.41. The summed E-state index contributed by atoms with van der Waals surface area (Å²) >= 11 is 0. The highest BCUT2D eigenvalue weighted by molar-refractivity contribution is 14.0. The Balaban J connectivity index is 0.00000364. The van der Waals surface area contributed by atoms with Crippen LogP contribution in [0.3, 0.4) is 0 Å². The van der Waals surface area contributed by atoms with Crippen molar-refractivity contribution in [3.8, 4) is 0 Å². The zero-order valence-electron chi connectivity index (χ0n) is 16.1. The molecule has 1 saturated heterocycles. The van der Waals surface area contributed by atoms with Crippen LogP contribution in [0, 0.1) is 5.92 Å². The van der Waals surface area contributed by atoms with Crippen LogP contribution in [0.15, 0.2) is 40.2 Å². The van der Waals surface area contributed by atoms with Crippen LogP contribution in [-0.2, 0) is 15.6 Å². The molecular weight excluding hydrogens is 475 g/mol. The first-order valence-electron chi connectivity index (χ1n) is 9.31. The van der Waals surface area contributed by atoms with Crippen LogP contribution in [-0.4, -0.2) is 60.0 Å². The number of hydrogen-bond donors (Lipinski definition) is 2. The van der Waals surface area contributed by atoms with Crippen molar-refractivity contribution < 1.29 is 9.00 Å². The monoisotopic (exact) mass is 506 g/mol. The number of rotatable bonds is 7. The minimum atomic E-state index is -1.02. The molecule has 2 rings (SSSR count). The highest BCUT2D eigenvalue weighted by Crippen LogP contribution is 2.20. The molecule has 6 nitrogen and oxygen atoms in total. The van der Waals surface area contributed by atoms with Gasteiger partial charge in [-0.25, -0.2) is 0 Å². The van der Waals surface area contributed by atoms with E-state index >= 15 is 0 Å². The third kappa shape index (κ3) is 8.16. The number of carbonyl (C=O) groups excluding carboxylic acids is 1. The number of piperidine rings is 1. The lowest BCUT2D eigenvalue weighted by atomic mass is 9.93. The van der Waals surface area contributed by atoms with Crippen molar-refractivity contribution in [3.05, 3.63) is 30.3 Å². The van der Waals surface area contributed by atoms with Crippen LogP contribution in [0.5, 0.6) is 0 Å². The topological polar surface area (TPSA) is 73.8 Å². The summed E-state index contributed by atoms with van der Waals surface area (Å²) in [5, 5.41) is 6.03. The van der Waals surface area contributed by atoms with Gasteiger partial charge in [-0.1, -0.05) is 18.2 Å². The van der Waals surface area contributed by atoms with Gasteiger partial charge in [-0.15, -0.1) is 24.0 Å². The number of halogens is 1. The van der Waals surface area contributed by atoms with Gasteiger partial charge in [0.25, 0.3) is 0 Å². The molecule has 1 unspecified atom stereocenters. The molecule has 1 heterocycles. The Labute approximate surface area is 182 Å². The molecule has 2 N–H and O–H groups in total. The summed E-state index contributed by atoms with van der Waals surface area (Å²) in [4.78, 5) is 19.3. The van der Waals surface area contributed by atoms with E-state index < -0.39 is 10.8 Å². The number of benzene rings is 1. The molecule has 0 bridgehead atoms. The van der Waals surface area contributed by atoms with Crippen molar-refractivity contribution in [2.24, 2.45) is 10.9 Å². The minimum Gasteiger partial charge on any atom is -0.359 e. The largest absolute Gasteiger partial charge is 0.359 e. The van der Waals surface area contributed by atoms with Gasteiger partial charge in [0.1, 0.15) is 0 Å². The first-order valence-corrected chi connectivity index (χ1v) is 10.6. The molecule has 1 aromatic carbocycles. The lowest BCUT2D eigenvalue weighted by Gasteiger charge is -2.34. The fraction of sp³-hybridized carbons (Fsp3) is 0.579. The number of likely N-dealkylation sites (tertiary alicyclic amines) is 1. The minimum absolute atomic E-state index is 0. The second kappa shape index (κ2) is 13.1. The van der Waals surface area contributed by atoms with E-state index in [0.29, 0.717) is 24.6 Å². The van der Waals surface area contributed by atoms with Gasteiger partial charge in [-0.05, 0) is 37.8 Å². The van der Waals surface area contributed by atoms with E-state index in [9.17, 15) is 9.00 Å². The number of carbonyl (C=O) groups is 1. The molecule has 0 aromatic heterocycles. The quantitative estimate of drug-likeness (QED) is 0.338. The Morgan fingerprint density at radius 3 is 2.52 bits per heavy atom. The molecule has 0 radical (unpaired) electrons. The summed E-state index contributed by atoms with van der Waals surface area (Å²) in [5.74, 6) is 1.97. The molecule has 1 aliphatic rings. The number of aliphatic imine (C=N–C) groups is 1. The zero-order chi connectivity index (χ0) is 18.8. The van der Waals surface area contributed by atoms with Crippen LogP contribution in [0.25, 0.3) is 0 Å². The average Bonchev–Trinajstić information content (AvgIpc) is 2.68. The SMILES string of the molecule is CCNC(=NCCS(=O)c1ccccc1)N1CCC(CC(=O)NC)CC1.I. The number of guanidine groups is 1. The zero-order valence-corrected chi connectivity index (χ0v) is 19.3. The summed E-state index contributed by atoms with van der Waals surface area (Å²) in [6, 6.07) is 9.52. The summed E-state index contributed by atoms with van der Waals surface area (Å²) in [6.45, 7) is 5.18. The number of amides is 1. The normalized spacial score (nSPS) is 16.4. The van der Waals surface area contributed by atoms with E-state index in [0.717, 1.165) is 43.3 Å². The van der Waals surface area contributed by atoms with Gasteiger partial charge < -0.3 is 15.5 Å². The fourth-order valence-corrected chi connectivity index (χ4v) is 4.02. The van der Waals surface area contributed by atoms with E-state index in [1.807, 2.05) is 30.3 Å². The van der Waals surface area contributed by atoms with Gasteiger partial charge >= 0.3 is 0 Å². The Bertz CT molecular complexity index is 619. The maximum atomic E-state index is 12.3. The van der Waals surface area contributed by atoms with E-state index in [1.54, 1.807) is 7.05 Å². The second-order valence-corrected chi connectivity index (χ2v) is 7.98. The molecule has 0 aliphatic carbocycles. The Kier molecular flexibility index (Phi) is 11.6. The van der Waals surface area contributed by atoms with Gasteiger partial charge in [-0.3, -0.25) is 14.0 Å². The molecule has 1 fully saturated rings. The van der Waals surface area contributed by atoms with Gasteiger partial charge in [0.2, 0.25) is 5.91 Å². The van der Waals surface area contributed by atoms with Crippen LogP contribution in [0.4, 0.5) is 0 Å². The molecule has 8 heteroatoms. The van der Waals surface area contributed by atoms with E-state index in [4.69, 9.17) is 0 Å². The molecular formula is C19H31IN4O2S. The van der Waals surface area contributed by atoms with E-state index in [1.165, 1.54) is 0 Å². The van der Waals surface area contributed by atoms with Crippen molar-refractivity contribution in [2.45, 2.75) is 31.1 Å². The van der Waals surface area contributed by atoms with Crippen LogP contribution in [0.2, 0.25) is 0 Å². The maximum absolute atomic E-state index is 12.3. The van der Waals surface area contributed by atoms with E-state index in [2.05, 4.69) is 27.4 Å². The molecule has 1 aromatic rings. The highest BCUT2D eigenvalue weighted by atomic mass is 127. The standard InChI is InChI=1S/C19H30N4O2S.HI/c1-3-21-19(22-11-14-26(25)17-7-5-4-6-8-17)23-12-9-16(10-13-23)15-18(24)20-2;/h4-8,16H,3,9-15H2,1-2H3,(H,20,24)(H,21,22);1H. The van der Waals surface area contributed by atoms with E-state index in [-0.39, 0.29) is 29.9 Å². The number of nitrogens with zero attached hydrogens (tertiary/aromatic N) is 2. The highest BCUT2D eigenvalue weighted by Gasteiger charge is 2.23. The summed E-state index contributed by atoms with van der Waals surface area (Å²) in [5.41, 5.74) is 0. The average molecular weight is 506 g/mol. The third-order valence-electron chi connectivity index (χ3n) is 4.55. The third-order valence-corrected chi connectivity index (χ3v) is 5.90. The first-order chi connectivity index (χ1) is 12.6. The van der Waals surface area contributed by atoms with Gasteiger partial charge in [0.05, 0.1) is 17.3 Å². The fourth-order valence-electron chi connectivity index (χ4n) is 3.06. The van der Waals surface area contributed by atoms with Crippen LogP contribution >= 0.6 is 24.0 Å². The predicted molar refractivity (Wildman–Crippen MR) is 122 cm³/mol. The van der Waals surface area contributed by atoms with Gasteiger partial charge in [0, 0.05) is 43.8 Å². The maximum Gasteiger partial charge on any atom is 0.220 e. The van der Waals surface area contributed by atoms with Crippen molar-refractivity contribution >= 4 is 46.6 Å². The van der Waals surface area contributed by atoms with Gasteiger partial charge in [-0.2, -0.15) is 0 Å². The number of hydrogen-bond acceptors (Lipinski definition) is 3. The molecule has 1 aliphatic heterocycles. The lowest BCUT2D eigenvalue weighted by molar-refractivity contribution is -0.121. The van der Waals surface area contributed by atoms with Crippen LogP contribution in [0.1, 0.15) is 26.2 Å². The Hall–Kier alpha value is -1.16. The molecule has 27 heavy (non-hydrogen) atoms. The molecule has 1 amide bonds. The van der Waals surface area contributed by atoms with Crippen molar-refractivity contribution in [1.29, 1.82) is 0 Å². The van der Waals surface area contributed by atoms with Crippen molar-refractivity contribution in [2.75, 3.05) is 39.0 Å². The summed E-state index contributed by atoms with van der Waals surface area (Å²) < 4.78 is 12.3. The summed E-state index contributed by atoms with van der Waals surface area (Å²) in [6.07, 6.45) is 2.59. The molecule has 152 valence electrons. The first kappa shape index (κ1) is 23.9. The molecule has 0 spiro atoms. The van der Waals surface area contributed by atoms with Crippen molar-refractivity contribution in [1.82, 2.24) is 15.5 Å².